The highest BCUT2D eigenvalue weighted by atomic mass is 19.4. The van der Waals surface area contributed by atoms with E-state index in [2.05, 4.69) is 10.1 Å². The van der Waals surface area contributed by atoms with Crippen molar-refractivity contribution in [3.05, 3.63) is 84.2 Å². The average Bonchev–Trinajstić information content (AvgIpc) is 2.91. The van der Waals surface area contributed by atoms with E-state index < -0.39 is 30.4 Å². The smallest absolute Gasteiger partial charge is 0.391 e. The first-order chi connectivity index (χ1) is 20.0. The number of anilines is 1. The van der Waals surface area contributed by atoms with Gasteiger partial charge in [-0.15, -0.1) is 0 Å². The molecule has 3 aromatic rings. The lowest BCUT2D eigenvalue weighted by atomic mass is 9.73. The Morgan fingerprint density at radius 2 is 1.60 bits per heavy atom. The summed E-state index contributed by atoms with van der Waals surface area (Å²) in [6.07, 6.45) is -3.06. The van der Waals surface area contributed by atoms with Crippen LogP contribution in [0.15, 0.2) is 72.8 Å². The summed E-state index contributed by atoms with van der Waals surface area (Å²) in [5.41, 5.74) is 2.23. The Labute approximate surface area is 239 Å². The summed E-state index contributed by atoms with van der Waals surface area (Å²) in [4.78, 5) is 27.1. The number of nitrogens with zero attached hydrogens (tertiary/aromatic N) is 1. The largest absolute Gasteiger partial charge is 0.435 e. The molecule has 1 aliphatic carbocycles. The van der Waals surface area contributed by atoms with Gasteiger partial charge >= 0.3 is 12.8 Å². The molecule has 1 N–H and O–H groups in total. The van der Waals surface area contributed by atoms with E-state index in [1.165, 1.54) is 41.3 Å². The van der Waals surface area contributed by atoms with E-state index in [1.54, 1.807) is 36.4 Å². The van der Waals surface area contributed by atoms with Gasteiger partial charge in [0.05, 0.1) is 5.92 Å². The summed E-state index contributed by atoms with van der Waals surface area (Å²) in [7, 11) is 0. The van der Waals surface area contributed by atoms with E-state index in [1.807, 2.05) is 0 Å². The fraction of sp³-hybridized carbons (Fsp3) is 0.355. The first-order valence-corrected chi connectivity index (χ1v) is 13.6. The Bertz CT molecular complexity index is 1340. The Morgan fingerprint density at radius 3 is 2.24 bits per heavy atom. The van der Waals surface area contributed by atoms with Crippen molar-refractivity contribution in [3.8, 4) is 16.9 Å². The number of hydrogen-bond donors (Lipinski definition) is 1. The lowest BCUT2D eigenvalue weighted by molar-refractivity contribution is -0.204. The Morgan fingerprint density at radius 1 is 0.905 bits per heavy atom. The molecule has 0 unspecified atom stereocenters. The van der Waals surface area contributed by atoms with Gasteiger partial charge in [0.15, 0.2) is 0 Å². The van der Waals surface area contributed by atoms with Crippen LogP contribution in [0.3, 0.4) is 0 Å². The van der Waals surface area contributed by atoms with Crippen LogP contribution in [0.5, 0.6) is 5.75 Å². The van der Waals surface area contributed by atoms with Gasteiger partial charge in [-0.25, -0.2) is 4.39 Å². The molecule has 4 rings (SSSR count). The highest BCUT2D eigenvalue weighted by Crippen LogP contribution is 2.46. The van der Waals surface area contributed by atoms with Crippen LogP contribution in [0.1, 0.15) is 42.5 Å². The van der Waals surface area contributed by atoms with Gasteiger partial charge in [-0.2, -0.15) is 22.0 Å². The molecule has 42 heavy (non-hydrogen) atoms. The van der Waals surface area contributed by atoms with Crippen molar-refractivity contribution in [3.63, 3.8) is 0 Å². The summed E-state index contributed by atoms with van der Waals surface area (Å²) < 4.78 is 81.7. The highest BCUT2D eigenvalue weighted by molar-refractivity contribution is 5.96. The van der Waals surface area contributed by atoms with Crippen molar-refractivity contribution >= 4 is 17.5 Å². The van der Waals surface area contributed by atoms with Crippen molar-refractivity contribution in [1.82, 2.24) is 5.32 Å². The second-order valence-corrected chi connectivity index (χ2v) is 10.2. The zero-order valence-electron chi connectivity index (χ0n) is 22.5. The van der Waals surface area contributed by atoms with Gasteiger partial charge in [0.25, 0.3) is 5.91 Å². The first kappa shape index (κ1) is 30.9. The molecule has 0 radical (unpaired) electrons. The number of alkyl halides is 5. The van der Waals surface area contributed by atoms with Crippen LogP contribution in [-0.2, 0) is 4.79 Å². The number of benzene rings is 3. The number of unbranched alkanes of at least 4 members (excludes halogenated alkanes) is 2. The maximum atomic E-state index is 13.4. The zero-order chi connectivity index (χ0) is 30.3. The minimum Gasteiger partial charge on any atom is -0.435 e. The second kappa shape index (κ2) is 13.8. The molecule has 0 aliphatic heterocycles. The summed E-state index contributed by atoms with van der Waals surface area (Å²) in [6, 6.07) is 18.1. The lowest BCUT2D eigenvalue weighted by Crippen LogP contribution is -2.46. The topological polar surface area (TPSA) is 58.6 Å². The van der Waals surface area contributed by atoms with Gasteiger partial charge in [0.2, 0.25) is 5.91 Å². The van der Waals surface area contributed by atoms with Gasteiger partial charge in [0, 0.05) is 30.3 Å². The molecule has 1 saturated carbocycles. The molecule has 0 atom stereocenters. The van der Waals surface area contributed by atoms with Crippen LogP contribution in [0.25, 0.3) is 11.1 Å². The highest BCUT2D eigenvalue weighted by Gasteiger charge is 2.50. The molecule has 224 valence electrons. The quantitative estimate of drug-likeness (QED) is 0.174. The maximum absolute atomic E-state index is 13.4. The third-order valence-electron chi connectivity index (χ3n) is 7.24. The molecule has 0 heterocycles. The Kier molecular flexibility index (Phi) is 10.1. The van der Waals surface area contributed by atoms with E-state index >= 15 is 0 Å². The van der Waals surface area contributed by atoms with Gasteiger partial charge < -0.3 is 15.0 Å². The van der Waals surface area contributed by atoms with Crippen molar-refractivity contribution in [2.75, 3.05) is 18.0 Å². The number of nitrogens with one attached hydrogen (secondary N) is 1. The third kappa shape index (κ3) is 8.27. The number of carbonyl (C=O) groups is 2. The first-order valence-electron chi connectivity index (χ1n) is 13.6. The summed E-state index contributed by atoms with van der Waals surface area (Å²) >= 11 is 0. The summed E-state index contributed by atoms with van der Waals surface area (Å²) in [5, 5.41) is 2.76. The van der Waals surface area contributed by atoms with Crippen LogP contribution < -0.4 is 15.0 Å². The summed E-state index contributed by atoms with van der Waals surface area (Å²) in [5.74, 6) is -3.37. The number of amides is 2. The van der Waals surface area contributed by atoms with Crippen LogP contribution in [-0.4, -0.2) is 37.7 Å². The van der Waals surface area contributed by atoms with Crippen LogP contribution >= 0.6 is 0 Å². The fourth-order valence-electron chi connectivity index (χ4n) is 4.83. The minimum atomic E-state index is -4.33. The standard InChI is InChI=1S/C31H30F6N2O3/c32-25-11-7-21(8-12-25)28(40)38-15-2-1-3-16-39(29(41)23-17-24(18-23)31(35,36)37)26-6-4-5-22(19-26)20-9-13-27(14-10-20)42-30(33)34/h4-14,19,23-24,30H,1-3,15-18H2,(H,38,40). The number of carbonyl (C=O) groups excluding carboxylic acids is 2. The van der Waals surface area contributed by atoms with E-state index in [9.17, 15) is 35.9 Å². The van der Waals surface area contributed by atoms with E-state index in [0.29, 0.717) is 48.2 Å². The molecule has 0 saturated heterocycles. The molecule has 0 bridgehead atoms. The fourth-order valence-corrected chi connectivity index (χ4v) is 4.83. The Hall–Kier alpha value is -4.02. The zero-order valence-corrected chi connectivity index (χ0v) is 22.5. The van der Waals surface area contributed by atoms with Crippen molar-refractivity contribution in [2.45, 2.75) is 44.9 Å². The number of rotatable bonds is 12. The van der Waals surface area contributed by atoms with Crippen molar-refractivity contribution in [2.24, 2.45) is 11.8 Å². The minimum absolute atomic E-state index is 0.000216. The summed E-state index contributed by atoms with van der Waals surface area (Å²) in [6.45, 7) is -2.32. The molecular weight excluding hydrogens is 562 g/mol. The van der Waals surface area contributed by atoms with Gasteiger partial charge in [0.1, 0.15) is 11.6 Å². The molecule has 5 nitrogen and oxygen atoms in total. The SMILES string of the molecule is O=C(NCCCCCN(C(=O)C1CC(C(F)(F)F)C1)c1cccc(-c2ccc(OC(F)F)cc2)c1)c1ccc(F)cc1. The Balaban J connectivity index is 1.39. The van der Waals surface area contributed by atoms with Crippen molar-refractivity contribution < 1.29 is 40.7 Å². The molecular formula is C31H30F6N2O3. The van der Waals surface area contributed by atoms with Gasteiger partial charge in [-0.3, -0.25) is 9.59 Å². The number of halogens is 6. The average molecular weight is 593 g/mol. The van der Waals surface area contributed by atoms with Gasteiger partial charge in [-0.05, 0) is 91.8 Å². The van der Waals surface area contributed by atoms with E-state index in [-0.39, 0.29) is 37.0 Å². The van der Waals surface area contributed by atoms with E-state index in [4.69, 9.17) is 0 Å². The molecule has 3 aromatic carbocycles. The molecule has 0 aromatic heterocycles. The third-order valence-corrected chi connectivity index (χ3v) is 7.24. The predicted octanol–water partition coefficient (Wildman–Crippen LogP) is 7.62. The van der Waals surface area contributed by atoms with Crippen LogP contribution in [0, 0.1) is 17.7 Å². The molecule has 0 spiro atoms. The van der Waals surface area contributed by atoms with E-state index in [0.717, 1.165) is 0 Å². The van der Waals surface area contributed by atoms with Crippen molar-refractivity contribution in [1.29, 1.82) is 0 Å². The van der Waals surface area contributed by atoms with Crippen LogP contribution in [0.2, 0.25) is 0 Å². The lowest BCUT2D eigenvalue weighted by Gasteiger charge is -2.38. The molecule has 11 heteroatoms. The monoisotopic (exact) mass is 592 g/mol. The normalized spacial score (nSPS) is 16.5. The molecule has 2 amide bonds. The van der Waals surface area contributed by atoms with Gasteiger partial charge in [-0.1, -0.05) is 24.3 Å². The maximum Gasteiger partial charge on any atom is 0.391 e. The predicted molar refractivity (Wildman–Crippen MR) is 146 cm³/mol. The van der Waals surface area contributed by atoms with Crippen LogP contribution in [0.4, 0.5) is 32.0 Å². The number of ether oxygens (including phenoxy) is 1. The number of hydrogen-bond acceptors (Lipinski definition) is 3. The molecule has 1 aliphatic rings. The second-order valence-electron chi connectivity index (χ2n) is 10.2. The molecule has 1 fully saturated rings.